The Morgan fingerprint density at radius 1 is 1.11 bits per heavy atom. The quantitative estimate of drug-likeness (QED) is 0.818. The van der Waals surface area contributed by atoms with Crippen molar-refractivity contribution in [2.24, 2.45) is 0 Å². The molecule has 2 aromatic carbocycles. The molecule has 3 rings (SSSR count). The maximum absolute atomic E-state index is 12.2. The zero-order valence-electron chi connectivity index (χ0n) is 15.9. The highest BCUT2D eigenvalue weighted by atomic mass is 35.5. The molecule has 0 bridgehead atoms. The summed E-state index contributed by atoms with van der Waals surface area (Å²) in [5.41, 5.74) is 2.97. The fourth-order valence-corrected chi connectivity index (χ4v) is 3.36. The minimum atomic E-state index is 0.0208. The van der Waals surface area contributed by atoms with E-state index in [1.54, 1.807) is 13.2 Å². The van der Waals surface area contributed by atoms with Crippen LogP contribution in [0, 0.1) is 6.92 Å². The van der Waals surface area contributed by atoms with E-state index in [9.17, 15) is 4.79 Å². The Labute approximate surface area is 165 Å². The number of rotatable bonds is 6. The van der Waals surface area contributed by atoms with Gasteiger partial charge in [-0.25, -0.2) is 0 Å². The lowest BCUT2D eigenvalue weighted by molar-refractivity contribution is -0.116. The van der Waals surface area contributed by atoms with E-state index in [2.05, 4.69) is 27.2 Å². The smallest absolute Gasteiger partial charge is 0.225 e. The SMILES string of the molecule is COc1ccc(N2CCN(CCC(=O)Nc3ccc(C)c(Cl)c3)CC2)cc1. The number of nitrogens with zero attached hydrogens (tertiary/aromatic N) is 2. The van der Waals surface area contributed by atoms with E-state index in [1.165, 1.54) is 5.69 Å². The van der Waals surface area contributed by atoms with Crippen LogP contribution in [0.2, 0.25) is 5.02 Å². The first-order valence-electron chi connectivity index (χ1n) is 9.22. The van der Waals surface area contributed by atoms with Crippen LogP contribution in [-0.2, 0) is 4.79 Å². The van der Waals surface area contributed by atoms with Crippen molar-refractivity contribution in [3.05, 3.63) is 53.1 Å². The maximum Gasteiger partial charge on any atom is 0.225 e. The molecule has 0 spiro atoms. The Morgan fingerprint density at radius 2 is 1.81 bits per heavy atom. The van der Waals surface area contributed by atoms with Gasteiger partial charge in [-0.15, -0.1) is 0 Å². The zero-order chi connectivity index (χ0) is 19.2. The first kappa shape index (κ1) is 19.5. The van der Waals surface area contributed by atoms with Crippen molar-refractivity contribution >= 4 is 28.9 Å². The molecule has 1 saturated heterocycles. The molecule has 0 aromatic heterocycles. The van der Waals surface area contributed by atoms with Crippen molar-refractivity contribution in [2.75, 3.05) is 50.1 Å². The average molecular weight is 388 g/mol. The van der Waals surface area contributed by atoms with Crippen LogP contribution in [0.3, 0.4) is 0 Å². The fourth-order valence-electron chi connectivity index (χ4n) is 3.18. The molecule has 2 aromatic rings. The summed E-state index contributed by atoms with van der Waals surface area (Å²) >= 11 is 6.11. The summed E-state index contributed by atoms with van der Waals surface area (Å²) in [6, 6.07) is 13.8. The molecule has 144 valence electrons. The van der Waals surface area contributed by atoms with E-state index >= 15 is 0 Å². The largest absolute Gasteiger partial charge is 0.497 e. The lowest BCUT2D eigenvalue weighted by atomic mass is 10.2. The lowest BCUT2D eigenvalue weighted by Crippen LogP contribution is -2.47. The summed E-state index contributed by atoms with van der Waals surface area (Å²) in [4.78, 5) is 16.9. The number of benzene rings is 2. The number of piperazine rings is 1. The lowest BCUT2D eigenvalue weighted by Gasteiger charge is -2.36. The highest BCUT2D eigenvalue weighted by Gasteiger charge is 2.18. The molecule has 0 aliphatic carbocycles. The minimum absolute atomic E-state index is 0.0208. The van der Waals surface area contributed by atoms with Gasteiger partial charge in [0.2, 0.25) is 5.91 Å². The number of hydrogen-bond acceptors (Lipinski definition) is 4. The van der Waals surface area contributed by atoms with E-state index in [0.717, 1.165) is 49.7 Å². The van der Waals surface area contributed by atoms with Crippen molar-refractivity contribution < 1.29 is 9.53 Å². The molecule has 1 aliphatic rings. The van der Waals surface area contributed by atoms with Crippen molar-refractivity contribution in [1.29, 1.82) is 0 Å². The zero-order valence-corrected chi connectivity index (χ0v) is 16.6. The molecule has 5 nitrogen and oxygen atoms in total. The molecule has 27 heavy (non-hydrogen) atoms. The van der Waals surface area contributed by atoms with Crippen LogP contribution >= 0.6 is 11.6 Å². The van der Waals surface area contributed by atoms with Gasteiger partial charge < -0.3 is 15.0 Å². The van der Waals surface area contributed by atoms with Gasteiger partial charge in [0.15, 0.2) is 0 Å². The van der Waals surface area contributed by atoms with E-state index in [4.69, 9.17) is 16.3 Å². The molecule has 1 fully saturated rings. The highest BCUT2D eigenvalue weighted by molar-refractivity contribution is 6.31. The van der Waals surface area contributed by atoms with E-state index in [0.29, 0.717) is 11.4 Å². The average Bonchev–Trinajstić information content (AvgIpc) is 2.70. The number of ether oxygens (including phenoxy) is 1. The van der Waals surface area contributed by atoms with Gasteiger partial charge in [0, 0.05) is 55.5 Å². The van der Waals surface area contributed by atoms with Crippen molar-refractivity contribution in [2.45, 2.75) is 13.3 Å². The second kappa shape index (κ2) is 9.11. The van der Waals surface area contributed by atoms with E-state index in [-0.39, 0.29) is 5.91 Å². The third kappa shape index (κ3) is 5.37. The van der Waals surface area contributed by atoms with Gasteiger partial charge in [0.05, 0.1) is 7.11 Å². The first-order chi connectivity index (χ1) is 13.0. The van der Waals surface area contributed by atoms with Crippen molar-refractivity contribution in [1.82, 2.24) is 4.90 Å². The van der Waals surface area contributed by atoms with Crippen molar-refractivity contribution in [3.63, 3.8) is 0 Å². The molecule has 0 saturated carbocycles. The standard InChI is InChI=1S/C21H26ClN3O2/c1-16-3-4-17(15-20(16)22)23-21(26)9-10-24-11-13-25(14-12-24)18-5-7-19(27-2)8-6-18/h3-8,15H,9-14H2,1-2H3,(H,23,26). The van der Waals surface area contributed by atoms with Gasteiger partial charge in [0.1, 0.15) is 5.75 Å². The Balaban J connectivity index is 1.42. The first-order valence-corrected chi connectivity index (χ1v) is 9.60. The molecule has 1 amide bonds. The summed E-state index contributed by atoms with van der Waals surface area (Å²) in [6.45, 7) is 6.54. The molecular formula is C21H26ClN3O2. The topological polar surface area (TPSA) is 44.8 Å². The van der Waals surface area contributed by atoms with Crippen LogP contribution < -0.4 is 15.0 Å². The van der Waals surface area contributed by atoms with Crippen molar-refractivity contribution in [3.8, 4) is 5.75 Å². The van der Waals surface area contributed by atoms with Crippen LogP contribution in [0.4, 0.5) is 11.4 Å². The second-order valence-electron chi connectivity index (χ2n) is 6.79. The number of halogens is 1. The van der Waals surface area contributed by atoms with Gasteiger partial charge in [-0.2, -0.15) is 0 Å². The molecule has 1 heterocycles. The van der Waals surface area contributed by atoms with Gasteiger partial charge in [-0.1, -0.05) is 17.7 Å². The number of aryl methyl sites for hydroxylation is 1. The van der Waals surface area contributed by atoms with Crippen LogP contribution in [0.15, 0.2) is 42.5 Å². The Morgan fingerprint density at radius 3 is 2.44 bits per heavy atom. The number of carbonyl (C=O) groups excluding carboxylic acids is 1. The molecule has 0 unspecified atom stereocenters. The van der Waals surface area contributed by atoms with Gasteiger partial charge >= 0.3 is 0 Å². The van der Waals surface area contributed by atoms with E-state index in [1.807, 2.05) is 31.2 Å². The monoisotopic (exact) mass is 387 g/mol. The van der Waals surface area contributed by atoms with Crippen LogP contribution in [0.25, 0.3) is 0 Å². The molecule has 6 heteroatoms. The Kier molecular flexibility index (Phi) is 6.58. The third-order valence-corrected chi connectivity index (χ3v) is 5.33. The van der Waals surface area contributed by atoms with Crippen LogP contribution in [0.1, 0.15) is 12.0 Å². The number of carbonyl (C=O) groups is 1. The third-order valence-electron chi connectivity index (χ3n) is 4.92. The normalized spacial score (nSPS) is 14.9. The molecular weight excluding hydrogens is 362 g/mol. The number of anilines is 2. The predicted octanol–water partition coefficient (Wildman–Crippen LogP) is 3.81. The van der Waals surface area contributed by atoms with Gasteiger partial charge in [0.25, 0.3) is 0 Å². The summed E-state index contributed by atoms with van der Waals surface area (Å²) in [7, 11) is 1.68. The molecule has 1 N–H and O–H groups in total. The van der Waals surface area contributed by atoms with Crippen LogP contribution in [0.5, 0.6) is 5.75 Å². The summed E-state index contributed by atoms with van der Waals surface area (Å²) in [5.74, 6) is 0.894. The molecule has 0 atom stereocenters. The summed E-state index contributed by atoms with van der Waals surface area (Å²) in [5, 5.41) is 3.59. The molecule has 0 radical (unpaired) electrons. The Hall–Kier alpha value is -2.24. The number of nitrogens with one attached hydrogen (secondary N) is 1. The minimum Gasteiger partial charge on any atom is -0.497 e. The fraction of sp³-hybridized carbons (Fsp3) is 0.381. The van der Waals surface area contributed by atoms with E-state index < -0.39 is 0 Å². The predicted molar refractivity (Wildman–Crippen MR) is 111 cm³/mol. The Bertz CT molecular complexity index is 771. The number of methoxy groups -OCH3 is 1. The van der Waals surface area contributed by atoms with Gasteiger partial charge in [-0.05, 0) is 48.9 Å². The maximum atomic E-state index is 12.2. The highest BCUT2D eigenvalue weighted by Crippen LogP contribution is 2.21. The second-order valence-corrected chi connectivity index (χ2v) is 7.20. The van der Waals surface area contributed by atoms with Gasteiger partial charge in [-0.3, -0.25) is 9.69 Å². The summed E-state index contributed by atoms with van der Waals surface area (Å²) < 4.78 is 5.21. The summed E-state index contributed by atoms with van der Waals surface area (Å²) in [6.07, 6.45) is 0.480. The van der Waals surface area contributed by atoms with Crippen LogP contribution in [-0.4, -0.2) is 50.6 Å². The number of amides is 1. The molecule has 1 aliphatic heterocycles. The number of hydrogen-bond donors (Lipinski definition) is 1.